The molecule has 0 aliphatic carbocycles. The van der Waals surface area contributed by atoms with Gasteiger partial charge in [-0.3, -0.25) is 9.69 Å². The average Bonchev–Trinajstić information content (AvgIpc) is 2.39. The number of rotatable bonds is 6. The monoisotopic (exact) mass is 278 g/mol. The molecule has 0 aliphatic heterocycles. The fourth-order valence-corrected chi connectivity index (χ4v) is 1.80. The van der Waals surface area contributed by atoms with Crippen LogP contribution in [0.2, 0.25) is 0 Å². The summed E-state index contributed by atoms with van der Waals surface area (Å²) in [6.45, 7) is 6.55. The minimum absolute atomic E-state index is 0.107. The molecule has 4 nitrogen and oxygen atoms in total. The van der Waals surface area contributed by atoms with Crippen molar-refractivity contribution in [2.75, 3.05) is 13.2 Å². The predicted molar refractivity (Wildman–Crippen MR) is 73.3 cm³/mol. The molecule has 0 aliphatic rings. The van der Waals surface area contributed by atoms with Gasteiger partial charge in [0.05, 0.1) is 24.8 Å². The molecular weight excluding hydrogens is 259 g/mol. The summed E-state index contributed by atoms with van der Waals surface area (Å²) in [5, 5.41) is 9.03. The van der Waals surface area contributed by atoms with Crippen LogP contribution in [0.3, 0.4) is 0 Å². The van der Waals surface area contributed by atoms with Gasteiger partial charge in [-0.1, -0.05) is 6.07 Å². The molecule has 1 rings (SSSR count). The standard InChI is InChI=1S/C15H19FN2O2/c1-4-20-15(19)10-18(11(2)3)9-12-5-6-14(16)7-13(12)8-17/h5-7,11H,4,9-10H2,1-3H3. The molecule has 0 N–H and O–H groups in total. The molecule has 108 valence electrons. The second-order valence-electron chi connectivity index (χ2n) is 4.72. The molecule has 0 fully saturated rings. The van der Waals surface area contributed by atoms with Gasteiger partial charge in [-0.25, -0.2) is 4.39 Å². The number of benzene rings is 1. The van der Waals surface area contributed by atoms with Crippen molar-refractivity contribution in [1.29, 1.82) is 5.26 Å². The molecule has 20 heavy (non-hydrogen) atoms. The SMILES string of the molecule is CCOC(=O)CN(Cc1ccc(F)cc1C#N)C(C)C. The van der Waals surface area contributed by atoms with Gasteiger partial charge >= 0.3 is 5.97 Å². The molecule has 0 unspecified atom stereocenters. The molecule has 1 aromatic rings. The maximum absolute atomic E-state index is 13.1. The lowest BCUT2D eigenvalue weighted by atomic mass is 10.1. The lowest BCUT2D eigenvalue weighted by Crippen LogP contribution is -2.36. The maximum Gasteiger partial charge on any atom is 0.320 e. The zero-order chi connectivity index (χ0) is 15.1. The normalized spacial score (nSPS) is 10.7. The van der Waals surface area contributed by atoms with Gasteiger partial charge in [-0.05, 0) is 38.5 Å². The summed E-state index contributed by atoms with van der Waals surface area (Å²) >= 11 is 0. The Balaban J connectivity index is 2.86. The summed E-state index contributed by atoms with van der Waals surface area (Å²) in [7, 11) is 0. The van der Waals surface area contributed by atoms with Crippen LogP contribution < -0.4 is 0 Å². The van der Waals surface area contributed by atoms with E-state index in [-0.39, 0.29) is 18.6 Å². The number of carbonyl (C=O) groups is 1. The topological polar surface area (TPSA) is 53.3 Å². The second kappa shape index (κ2) is 7.61. The third-order valence-electron chi connectivity index (χ3n) is 2.93. The molecule has 1 aromatic carbocycles. The highest BCUT2D eigenvalue weighted by Gasteiger charge is 2.17. The Labute approximate surface area is 118 Å². The van der Waals surface area contributed by atoms with E-state index < -0.39 is 5.82 Å². The molecular formula is C15H19FN2O2. The zero-order valence-electron chi connectivity index (χ0n) is 12.0. The Kier molecular flexibility index (Phi) is 6.13. The van der Waals surface area contributed by atoms with E-state index in [4.69, 9.17) is 10.00 Å². The van der Waals surface area contributed by atoms with Crippen LogP contribution in [0, 0.1) is 17.1 Å². The lowest BCUT2D eigenvalue weighted by Gasteiger charge is -2.25. The number of ether oxygens (including phenoxy) is 1. The molecule has 0 heterocycles. The molecule has 0 atom stereocenters. The number of hydrogen-bond donors (Lipinski definition) is 0. The molecule has 0 radical (unpaired) electrons. The van der Waals surface area contributed by atoms with Gasteiger partial charge in [0, 0.05) is 12.6 Å². The molecule has 0 spiro atoms. The van der Waals surface area contributed by atoms with E-state index in [1.54, 1.807) is 13.0 Å². The highest BCUT2D eigenvalue weighted by Crippen LogP contribution is 2.14. The van der Waals surface area contributed by atoms with Crippen molar-refractivity contribution >= 4 is 5.97 Å². The highest BCUT2D eigenvalue weighted by atomic mass is 19.1. The van der Waals surface area contributed by atoms with Gasteiger partial charge < -0.3 is 4.74 Å². The minimum atomic E-state index is -0.438. The summed E-state index contributed by atoms with van der Waals surface area (Å²) in [5.74, 6) is -0.742. The van der Waals surface area contributed by atoms with E-state index >= 15 is 0 Å². The predicted octanol–water partition coefficient (Wildman–Crippen LogP) is 2.47. The first-order valence-electron chi connectivity index (χ1n) is 6.56. The van der Waals surface area contributed by atoms with Crippen LogP contribution in [-0.2, 0) is 16.1 Å². The highest BCUT2D eigenvalue weighted by molar-refractivity contribution is 5.71. The van der Waals surface area contributed by atoms with E-state index in [1.165, 1.54) is 12.1 Å². The lowest BCUT2D eigenvalue weighted by molar-refractivity contribution is -0.145. The van der Waals surface area contributed by atoms with E-state index in [1.807, 2.05) is 24.8 Å². The largest absolute Gasteiger partial charge is 0.465 e. The molecule has 0 saturated carbocycles. The second-order valence-corrected chi connectivity index (χ2v) is 4.72. The average molecular weight is 278 g/mol. The van der Waals surface area contributed by atoms with Crippen molar-refractivity contribution in [1.82, 2.24) is 4.90 Å². The number of esters is 1. The minimum Gasteiger partial charge on any atom is -0.465 e. The van der Waals surface area contributed by atoms with Crippen LogP contribution in [0.4, 0.5) is 4.39 Å². The van der Waals surface area contributed by atoms with Crippen LogP contribution >= 0.6 is 0 Å². The third-order valence-corrected chi connectivity index (χ3v) is 2.93. The number of carbonyl (C=O) groups excluding carboxylic acids is 1. The van der Waals surface area contributed by atoms with Crippen molar-refractivity contribution < 1.29 is 13.9 Å². The first-order valence-corrected chi connectivity index (χ1v) is 6.56. The molecule has 0 saturated heterocycles. The van der Waals surface area contributed by atoms with E-state index in [0.717, 1.165) is 0 Å². The van der Waals surface area contributed by atoms with Gasteiger partial charge in [0.1, 0.15) is 5.82 Å². The van der Waals surface area contributed by atoms with Crippen LogP contribution in [-0.4, -0.2) is 30.1 Å². The summed E-state index contributed by atoms with van der Waals surface area (Å²) in [4.78, 5) is 13.4. The van der Waals surface area contributed by atoms with Crippen molar-refractivity contribution in [2.45, 2.75) is 33.4 Å². The molecule has 0 bridgehead atoms. The Morgan fingerprint density at radius 2 is 2.20 bits per heavy atom. The number of halogens is 1. The number of nitrogens with zero attached hydrogens (tertiary/aromatic N) is 2. The van der Waals surface area contributed by atoms with E-state index in [9.17, 15) is 9.18 Å². The first kappa shape index (κ1) is 16.1. The molecule has 5 heteroatoms. The zero-order valence-corrected chi connectivity index (χ0v) is 12.0. The van der Waals surface area contributed by atoms with Gasteiger partial charge in [0.2, 0.25) is 0 Å². The Morgan fingerprint density at radius 3 is 2.75 bits per heavy atom. The van der Waals surface area contributed by atoms with Crippen molar-refractivity contribution in [3.63, 3.8) is 0 Å². The van der Waals surface area contributed by atoms with Gasteiger partial charge in [-0.15, -0.1) is 0 Å². The van der Waals surface area contributed by atoms with Crippen LogP contribution in [0.25, 0.3) is 0 Å². The Bertz CT molecular complexity index is 509. The van der Waals surface area contributed by atoms with Gasteiger partial charge in [0.25, 0.3) is 0 Å². The van der Waals surface area contributed by atoms with Crippen molar-refractivity contribution in [2.24, 2.45) is 0 Å². The fourth-order valence-electron chi connectivity index (χ4n) is 1.80. The fraction of sp³-hybridized carbons (Fsp3) is 0.467. The summed E-state index contributed by atoms with van der Waals surface area (Å²) in [6, 6.07) is 6.19. The molecule has 0 aromatic heterocycles. The summed E-state index contributed by atoms with van der Waals surface area (Å²) in [6.07, 6.45) is 0. The summed E-state index contributed by atoms with van der Waals surface area (Å²) in [5.41, 5.74) is 0.992. The first-order chi connectivity index (χ1) is 9.47. The maximum atomic E-state index is 13.1. The van der Waals surface area contributed by atoms with E-state index in [0.29, 0.717) is 24.3 Å². The smallest absolute Gasteiger partial charge is 0.320 e. The number of hydrogen-bond acceptors (Lipinski definition) is 4. The Morgan fingerprint density at radius 1 is 1.50 bits per heavy atom. The van der Waals surface area contributed by atoms with Crippen molar-refractivity contribution in [3.05, 3.63) is 35.1 Å². The van der Waals surface area contributed by atoms with Crippen molar-refractivity contribution in [3.8, 4) is 6.07 Å². The van der Waals surface area contributed by atoms with Crippen LogP contribution in [0.1, 0.15) is 31.9 Å². The van der Waals surface area contributed by atoms with Gasteiger partial charge in [-0.2, -0.15) is 5.26 Å². The summed E-state index contributed by atoms with van der Waals surface area (Å²) < 4.78 is 18.0. The van der Waals surface area contributed by atoms with Crippen LogP contribution in [0.15, 0.2) is 18.2 Å². The molecule has 0 amide bonds. The van der Waals surface area contributed by atoms with E-state index in [2.05, 4.69) is 0 Å². The Hall–Kier alpha value is -1.93. The quantitative estimate of drug-likeness (QED) is 0.750. The van der Waals surface area contributed by atoms with Crippen LogP contribution in [0.5, 0.6) is 0 Å². The van der Waals surface area contributed by atoms with Gasteiger partial charge in [0.15, 0.2) is 0 Å². The number of nitriles is 1. The third kappa shape index (κ3) is 4.63.